The summed E-state index contributed by atoms with van der Waals surface area (Å²) in [4.78, 5) is 0. The van der Waals surface area contributed by atoms with Gasteiger partial charge in [-0.15, -0.1) is 21.8 Å². The molecule has 1 heterocycles. The van der Waals surface area contributed by atoms with Gasteiger partial charge in [0.15, 0.2) is 6.61 Å². The van der Waals surface area contributed by atoms with E-state index in [0.717, 1.165) is 0 Å². The average Bonchev–Trinajstić information content (AvgIpc) is 2.74. The summed E-state index contributed by atoms with van der Waals surface area (Å²) in [5.41, 5.74) is 0. The third-order valence-corrected chi connectivity index (χ3v) is 2.64. The van der Waals surface area contributed by atoms with E-state index in [2.05, 4.69) is 10.2 Å². The van der Waals surface area contributed by atoms with Crippen molar-refractivity contribution in [2.45, 2.75) is 13.0 Å². The molecule has 2 aromatic rings. The number of rotatable bonds is 5. The van der Waals surface area contributed by atoms with E-state index in [1.54, 1.807) is 18.2 Å². The molecule has 96 valence electrons. The average molecular weight is 308 g/mol. The van der Waals surface area contributed by atoms with Crippen LogP contribution in [0.3, 0.4) is 0 Å². The number of alkyl halides is 1. The number of hydrogen-bond acceptors (Lipinski definition) is 4. The van der Waals surface area contributed by atoms with Crippen LogP contribution >= 0.6 is 34.8 Å². The normalized spacial score (nSPS) is 10.6. The standard InChI is InChI=1S/C11H9Cl3N2O2/c12-2-1-10-15-16-11(18-10)6-17-9-4-7(13)3-8(14)5-9/h3-5H,1-2,6H2. The Hall–Kier alpha value is -0.970. The van der Waals surface area contributed by atoms with E-state index in [9.17, 15) is 0 Å². The molecule has 0 aliphatic carbocycles. The molecular formula is C11H9Cl3N2O2. The zero-order valence-electron chi connectivity index (χ0n) is 9.20. The van der Waals surface area contributed by atoms with Crippen molar-refractivity contribution in [3.63, 3.8) is 0 Å². The second-order valence-corrected chi connectivity index (χ2v) is 4.67. The second-order valence-electron chi connectivity index (χ2n) is 3.42. The minimum Gasteiger partial charge on any atom is -0.484 e. The summed E-state index contributed by atoms with van der Waals surface area (Å²) in [5.74, 6) is 1.86. The van der Waals surface area contributed by atoms with E-state index in [0.29, 0.717) is 39.9 Å². The second kappa shape index (κ2) is 6.27. The molecule has 0 saturated carbocycles. The van der Waals surface area contributed by atoms with Crippen molar-refractivity contribution in [2.24, 2.45) is 0 Å². The number of benzene rings is 1. The van der Waals surface area contributed by atoms with Crippen LogP contribution in [0.4, 0.5) is 0 Å². The van der Waals surface area contributed by atoms with Crippen LogP contribution in [0.1, 0.15) is 11.8 Å². The molecule has 0 unspecified atom stereocenters. The van der Waals surface area contributed by atoms with Crippen LogP contribution in [0.5, 0.6) is 5.75 Å². The molecule has 0 aliphatic rings. The molecule has 2 rings (SSSR count). The monoisotopic (exact) mass is 306 g/mol. The van der Waals surface area contributed by atoms with E-state index in [4.69, 9.17) is 44.0 Å². The summed E-state index contributed by atoms with van der Waals surface area (Å²) < 4.78 is 10.8. The highest BCUT2D eigenvalue weighted by molar-refractivity contribution is 6.34. The first-order chi connectivity index (χ1) is 8.67. The Bertz CT molecular complexity index is 511. The van der Waals surface area contributed by atoms with Crippen LogP contribution in [0.15, 0.2) is 22.6 Å². The van der Waals surface area contributed by atoms with Gasteiger partial charge in [-0.25, -0.2) is 0 Å². The Balaban J connectivity index is 1.97. The van der Waals surface area contributed by atoms with Gasteiger partial charge in [0, 0.05) is 22.3 Å². The smallest absolute Gasteiger partial charge is 0.253 e. The van der Waals surface area contributed by atoms with Crippen molar-refractivity contribution in [3.05, 3.63) is 40.0 Å². The van der Waals surface area contributed by atoms with Crippen molar-refractivity contribution in [1.82, 2.24) is 10.2 Å². The Labute approximate surface area is 119 Å². The lowest BCUT2D eigenvalue weighted by Gasteiger charge is -2.04. The zero-order chi connectivity index (χ0) is 13.0. The predicted octanol–water partition coefficient (Wildman–Crippen LogP) is 3.74. The van der Waals surface area contributed by atoms with Gasteiger partial charge in [0.2, 0.25) is 5.89 Å². The largest absolute Gasteiger partial charge is 0.484 e. The van der Waals surface area contributed by atoms with Crippen molar-refractivity contribution in [1.29, 1.82) is 0 Å². The van der Waals surface area contributed by atoms with E-state index in [-0.39, 0.29) is 6.61 Å². The fourth-order valence-electron chi connectivity index (χ4n) is 1.29. The predicted molar refractivity (Wildman–Crippen MR) is 69.5 cm³/mol. The topological polar surface area (TPSA) is 48.2 Å². The van der Waals surface area contributed by atoms with Gasteiger partial charge >= 0.3 is 0 Å². The van der Waals surface area contributed by atoms with Gasteiger partial charge in [-0.1, -0.05) is 23.2 Å². The molecule has 0 atom stereocenters. The highest BCUT2D eigenvalue weighted by Gasteiger charge is 2.07. The lowest BCUT2D eigenvalue weighted by atomic mass is 10.3. The molecule has 0 saturated heterocycles. The first-order valence-electron chi connectivity index (χ1n) is 5.13. The number of aromatic nitrogens is 2. The maximum Gasteiger partial charge on any atom is 0.253 e. The van der Waals surface area contributed by atoms with Crippen molar-refractivity contribution < 1.29 is 9.15 Å². The molecule has 0 fully saturated rings. The summed E-state index contributed by atoms with van der Waals surface area (Å²) in [5, 5.41) is 8.66. The van der Waals surface area contributed by atoms with Crippen LogP contribution in [-0.4, -0.2) is 16.1 Å². The van der Waals surface area contributed by atoms with Crippen LogP contribution in [-0.2, 0) is 13.0 Å². The zero-order valence-corrected chi connectivity index (χ0v) is 11.5. The molecule has 0 radical (unpaired) electrons. The van der Waals surface area contributed by atoms with E-state index < -0.39 is 0 Å². The number of halogens is 3. The third kappa shape index (κ3) is 3.77. The SMILES string of the molecule is ClCCc1nnc(COc2cc(Cl)cc(Cl)c2)o1. The fraction of sp³-hybridized carbons (Fsp3) is 0.273. The Morgan fingerprint density at radius 3 is 2.39 bits per heavy atom. The van der Waals surface area contributed by atoms with E-state index >= 15 is 0 Å². The summed E-state index contributed by atoms with van der Waals surface area (Å²) in [6.45, 7) is 0.159. The minimum absolute atomic E-state index is 0.159. The number of ether oxygens (including phenoxy) is 1. The summed E-state index contributed by atoms with van der Waals surface area (Å²) in [6, 6.07) is 4.94. The number of aryl methyl sites for hydroxylation is 1. The van der Waals surface area contributed by atoms with Gasteiger partial charge in [-0.05, 0) is 18.2 Å². The first-order valence-corrected chi connectivity index (χ1v) is 6.42. The van der Waals surface area contributed by atoms with Crippen molar-refractivity contribution in [3.8, 4) is 5.75 Å². The molecule has 0 bridgehead atoms. The van der Waals surface area contributed by atoms with Gasteiger partial charge < -0.3 is 9.15 Å². The highest BCUT2D eigenvalue weighted by atomic mass is 35.5. The van der Waals surface area contributed by atoms with Crippen LogP contribution in [0, 0.1) is 0 Å². The van der Waals surface area contributed by atoms with Crippen molar-refractivity contribution in [2.75, 3.05) is 5.88 Å². The summed E-state index contributed by atoms with van der Waals surface area (Å²) >= 11 is 17.3. The highest BCUT2D eigenvalue weighted by Crippen LogP contribution is 2.24. The lowest BCUT2D eigenvalue weighted by Crippen LogP contribution is -1.95. The van der Waals surface area contributed by atoms with Gasteiger partial charge in [0.25, 0.3) is 5.89 Å². The van der Waals surface area contributed by atoms with Crippen LogP contribution in [0.25, 0.3) is 0 Å². The summed E-state index contributed by atoms with van der Waals surface area (Å²) in [7, 11) is 0. The Morgan fingerprint density at radius 2 is 1.72 bits per heavy atom. The molecule has 1 aromatic heterocycles. The van der Waals surface area contributed by atoms with Crippen molar-refractivity contribution >= 4 is 34.8 Å². The van der Waals surface area contributed by atoms with E-state index in [1.165, 1.54) is 0 Å². The fourth-order valence-corrected chi connectivity index (χ4v) is 1.95. The maximum atomic E-state index is 5.85. The quantitative estimate of drug-likeness (QED) is 0.790. The molecule has 0 N–H and O–H groups in total. The van der Waals surface area contributed by atoms with Crippen LogP contribution < -0.4 is 4.74 Å². The van der Waals surface area contributed by atoms with Crippen LogP contribution in [0.2, 0.25) is 10.0 Å². The Kier molecular flexibility index (Phi) is 4.69. The molecule has 18 heavy (non-hydrogen) atoms. The molecule has 7 heteroatoms. The Morgan fingerprint density at radius 1 is 1.06 bits per heavy atom. The van der Waals surface area contributed by atoms with Gasteiger partial charge in [0.05, 0.1) is 0 Å². The van der Waals surface area contributed by atoms with Gasteiger partial charge in [-0.3, -0.25) is 0 Å². The minimum atomic E-state index is 0.159. The summed E-state index contributed by atoms with van der Waals surface area (Å²) in [6.07, 6.45) is 0.539. The van der Waals surface area contributed by atoms with E-state index in [1.807, 2.05) is 0 Å². The van der Waals surface area contributed by atoms with Gasteiger partial charge in [-0.2, -0.15) is 0 Å². The molecule has 1 aromatic carbocycles. The molecule has 4 nitrogen and oxygen atoms in total. The number of nitrogens with zero attached hydrogens (tertiary/aromatic N) is 2. The maximum absolute atomic E-state index is 5.85. The lowest BCUT2D eigenvalue weighted by molar-refractivity contribution is 0.259. The molecule has 0 aliphatic heterocycles. The van der Waals surface area contributed by atoms with Gasteiger partial charge in [0.1, 0.15) is 5.75 Å². The molecule has 0 amide bonds. The number of hydrogen-bond donors (Lipinski definition) is 0. The third-order valence-electron chi connectivity index (χ3n) is 2.02. The molecular weight excluding hydrogens is 298 g/mol. The first kappa shape index (κ1) is 13.5. The molecule has 0 spiro atoms.